The van der Waals surface area contributed by atoms with Crippen LogP contribution in [0.25, 0.3) is 0 Å². The Morgan fingerprint density at radius 2 is 1.76 bits per heavy atom. The maximum absolute atomic E-state index is 12.0. The van der Waals surface area contributed by atoms with Crippen LogP contribution in [0.2, 0.25) is 5.02 Å². The van der Waals surface area contributed by atoms with E-state index in [9.17, 15) is 14.7 Å². The van der Waals surface area contributed by atoms with E-state index in [2.05, 4.69) is 5.32 Å². The van der Waals surface area contributed by atoms with Crippen molar-refractivity contribution in [3.63, 3.8) is 0 Å². The molecular formula is C19H18ClNO4. The van der Waals surface area contributed by atoms with Crippen LogP contribution in [0.1, 0.15) is 29.9 Å². The third kappa shape index (κ3) is 3.77. The number of benzene rings is 2. The molecule has 25 heavy (non-hydrogen) atoms. The standard InChI is InChI=1S/C19H18ClNO4/c20-16-9-5-4-8-15(16)14-10-19(11-14,17(22)23)21-18(24)25-12-13-6-2-1-3-7-13/h1-9,14H,10-12H2,(H,21,24)(H,22,23). The highest BCUT2D eigenvalue weighted by atomic mass is 35.5. The van der Waals surface area contributed by atoms with Crippen LogP contribution in [0.15, 0.2) is 54.6 Å². The number of carbonyl (C=O) groups is 2. The van der Waals surface area contributed by atoms with E-state index in [0.717, 1.165) is 11.1 Å². The zero-order valence-corrected chi connectivity index (χ0v) is 14.2. The normalized spacial score (nSPS) is 21.9. The zero-order valence-electron chi connectivity index (χ0n) is 13.4. The molecule has 2 aromatic carbocycles. The highest BCUT2D eigenvalue weighted by molar-refractivity contribution is 6.31. The fraction of sp³-hybridized carbons (Fsp3) is 0.263. The molecule has 0 radical (unpaired) electrons. The molecule has 0 unspecified atom stereocenters. The molecule has 2 N–H and O–H groups in total. The van der Waals surface area contributed by atoms with Gasteiger partial charge in [-0.25, -0.2) is 9.59 Å². The average molecular weight is 360 g/mol. The Bertz CT molecular complexity index is 772. The Hall–Kier alpha value is -2.53. The van der Waals surface area contributed by atoms with E-state index in [0.29, 0.717) is 5.02 Å². The van der Waals surface area contributed by atoms with E-state index in [-0.39, 0.29) is 25.4 Å². The summed E-state index contributed by atoms with van der Waals surface area (Å²) < 4.78 is 5.13. The minimum absolute atomic E-state index is 0.000719. The quantitative estimate of drug-likeness (QED) is 0.847. The zero-order chi connectivity index (χ0) is 17.9. The van der Waals surface area contributed by atoms with Crippen LogP contribution in [0.5, 0.6) is 0 Å². The van der Waals surface area contributed by atoms with Crippen molar-refractivity contribution in [2.75, 3.05) is 0 Å². The first kappa shape index (κ1) is 17.3. The summed E-state index contributed by atoms with van der Waals surface area (Å²) in [5.41, 5.74) is 0.433. The van der Waals surface area contributed by atoms with Gasteiger partial charge in [0.05, 0.1) is 0 Å². The number of aliphatic carboxylic acids is 1. The van der Waals surface area contributed by atoms with Crippen LogP contribution in [-0.4, -0.2) is 22.7 Å². The molecule has 3 rings (SSSR count). The minimum atomic E-state index is -1.31. The van der Waals surface area contributed by atoms with E-state index in [1.165, 1.54) is 0 Å². The summed E-state index contributed by atoms with van der Waals surface area (Å²) in [7, 11) is 0. The van der Waals surface area contributed by atoms with Gasteiger partial charge >= 0.3 is 12.1 Å². The molecule has 1 fully saturated rings. The van der Waals surface area contributed by atoms with Gasteiger partial charge in [0, 0.05) is 5.02 Å². The Labute approximate surface area is 150 Å². The maximum atomic E-state index is 12.0. The monoisotopic (exact) mass is 359 g/mol. The van der Waals surface area contributed by atoms with Gasteiger partial charge in [-0.3, -0.25) is 0 Å². The molecule has 1 amide bonds. The molecule has 0 bridgehead atoms. The van der Waals surface area contributed by atoms with Gasteiger partial charge in [0.15, 0.2) is 0 Å². The lowest BCUT2D eigenvalue weighted by molar-refractivity contribution is -0.149. The first-order valence-electron chi connectivity index (χ1n) is 7.97. The van der Waals surface area contributed by atoms with Gasteiger partial charge in [0.25, 0.3) is 0 Å². The molecule has 1 aliphatic rings. The Balaban J connectivity index is 1.60. The summed E-state index contributed by atoms with van der Waals surface area (Å²) in [4.78, 5) is 23.7. The van der Waals surface area contributed by atoms with Gasteiger partial charge < -0.3 is 15.2 Å². The molecule has 2 aromatic rings. The highest BCUT2D eigenvalue weighted by Gasteiger charge is 2.52. The second-order valence-corrected chi connectivity index (χ2v) is 6.61. The van der Waals surface area contributed by atoms with Crippen LogP contribution < -0.4 is 5.32 Å². The Morgan fingerprint density at radius 1 is 1.12 bits per heavy atom. The van der Waals surface area contributed by atoms with Crippen LogP contribution >= 0.6 is 11.6 Å². The van der Waals surface area contributed by atoms with Crippen LogP contribution in [0.4, 0.5) is 4.79 Å². The number of halogens is 1. The van der Waals surface area contributed by atoms with Gasteiger partial charge in [0.2, 0.25) is 0 Å². The van der Waals surface area contributed by atoms with E-state index < -0.39 is 17.6 Å². The molecule has 6 heteroatoms. The van der Waals surface area contributed by atoms with E-state index >= 15 is 0 Å². The fourth-order valence-corrected chi connectivity index (χ4v) is 3.38. The van der Waals surface area contributed by atoms with Crippen molar-refractivity contribution in [2.24, 2.45) is 0 Å². The van der Waals surface area contributed by atoms with Gasteiger partial charge in [-0.1, -0.05) is 60.1 Å². The Morgan fingerprint density at radius 3 is 2.40 bits per heavy atom. The predicted octanol–water partition coefficient (Wildman–Crippen LogP) is 3.97. The maximum Gasteiger partial charge on any atom is 0.408 e. The molecule has 1 aliphatic carbocycles. The number of ether oxygens (including phenoxy) is 1. The summed E-state index contributed by atoms with van der Waals surface area (Å²) in [6.07, 6.45) is -0.164. The smallest absolute Gasteiger partial charge is 0.408 e. The SMILES string of the molecule is O=C(NC1(C(=O)O)CC(c2ccccc2Cl)C1)OCc1ccccc1. The highest BCUT2D eigenvalue weighted by Crippen LogP contribution is 2.46. The molecule has 130 valence electrons. The molecule has 0 atom stereocenters. The second-order valence-electron chi connectivity index (χ2n) is 6.20. The summed E-state index contributed by atoms with van der Waals surface area (Å²) in [5, 5.41) is 12.7. The van der Waals surface area contributed by atoms with Crippen molar-refractivity contribution < 1.29 is 19.4 Å². The van der Waals surface area contributed by atoms with Crippen molar-refractivity contribution in [3.05, 3.63) is 70.7 Å². The lowest BCUT2D eigenvalue weighted by Gasteiger charge is -2.44. The number of hydrogen-bond acceptors (Lipinski definition) is 3. The number of carbonyl (C=O) groups excluding carboxylic acids is 1. The molecule has 0 heterocycles. The molecular weight excluding hydrogens is 342 g/mol. The van der Waals surface area contributed by atoms with Crippen LogP contribution in [0.3, 0.4) is 0 Å². The molecule has 0 spiro atoms. The third-order valence-electron chi connectivity index (χ3n) is 4.50. The van der Waals surface area contributed by atoms with Crippen molar-refractivity contribution >= 4 is 23.7 Å². The average Bonchev–Trinajstić information content (AvgIpc) is 2.57. The fourth-order valence-electron chi connectivity index (χ4n) is 3.09. The van der Waals surface area contributed by atoms with Crippen LogP contribution in [0, 0.1) is 0 Å². The van der Waals surface area contributed by atoms with Gasteiger partial charge in [-0.05, 0) is 36.0 Å². The van der Waals surface area contributed by atoms with Crippen molar-refractivity contribution in [3.8, 4) is 0 Å². The number of hydrogen-bond donors (Lipinski definition) is 2. The largest absolute Gasteiger partial charge is 0.480 e. The van der Waals surface area contributed by atoms with E-state index in [4.69, 9.17) is 16.3 Å². The summed E-state index contributed by atoms with van der Waals surface area (Å²) >= 11 is 6.17. The minimum Gasteiger partial charge on any atom is -0.480 e. The summed E-state index contributed by atoms with van der Waals surface area (Å²) in [5.74, 6) is -1.06. The third-order valence-corrected chi connectivity index (χ3v) is 4.84. The van der Waals surface area contributed by atoms with Crippen LogP contribution in [-0.2, 0) is 16.1 Å². The molecule has 5 nitrogen and oxygen atoms in total. The molecule has 0 saturated heterocycles. The van der Waals surface area contributed by atoms with Crippen molar-refractivity contribution in [1.82, 2.24) is 5.32 Å². The first-order chi connectivity index (χ1) is 12.0. The lowest BCUT2D eigenvalue weighted by Crippen LogP contribution is -2.61. The molecule has 0 aromatic heterocycles. The number of alkyl carbamates (subject to hydrolysis) is 1. The predicted molar refractivity (Wildman–Crippen MR) is 93.6 cm³/mol. The second kappa shape index (κ2) is 7.15. The number of amides is 1. The molecule has 1 saturated carbocycles. The summed E-state index contributed by atoms with van der Waals surface area (Å²) in [6, 6.07) is 16.6. The van der Waals surface area contributed by atoms with Crippen molar-refractivity contribution in [1.29, 1.82) is 0 Å². The Kier molecular flexibility index (Phi) is 4.95. The van der Waals surface area contributed by atoms with E-state index in [1.807, 2.05) is 48.5 Å². The van der Waals surface area contributed by atoms with E-state index in [1.54, 1.807) is 6.07 Å². The summed E-state index contributed by atoms with van der Waals surface area (Å²) in [6.45, 7) is 0.0936. The van der Waals surface area contributed by atoms with Gasteiger partial charge in [0.1, 0.15) is 12.1 Å². The first-order valence-corrected chi connectivity index (χ1v) is 8.35. The van der Waals surface area contributed by atoms with Gasteiger partial charge in [-0.15, -0.1) is 0 Å². The number of nitrogens with one attached hydrogen (secondary N) is 1. The number of carboxylic acids is 1. The number of rotatable bonds is 5. The lowest BCUT2D eigenvalue weighted by atomic mass is 9.65. The van der Waals surface area contributed by atoms with Gasteiger partial charge in [-0.2, -0.15) is 0 Å². The topological polar surface area (TPSA) is 75.6 Å². The molecule has 0 aliphatic heterocycles. The number of carboxylic acid groups (broad SMARTS) is 1. The van der Waals surface area contributed by atoms with Crippen molar-refractivity contribution in [2.45, 2.75) is 30.9 Å².